The van der Waals surface area contributed by atoms with E-state index in [9.17, 15) is 43.5 Å². The van der Waals surface area contributed by atoms with E-state index < -0.39 is 91.5 Å². The summed E-state index contributed by atoms with van der Waals surface area (Å²) in [6, 6.07) is 0. The predicted octanol–water partition coefficient (Wildman–Crippen LogP) is 27.0. The van der Waals surface area contributed by atoms with Gasteiger partial charge in [-0.05, 0) is 116 Å². The van der Waals surface area contributed by atoms with Crippen LogP contribution in [0.15, 0.2) is 134 Å². The fourth-order valence-electron chi connectivity index (χ4n) is 12.2. The van der Waals surface area contributed by atoms with Crippen LogP contribution in [0, 0.1) is 0 Å². The number of aliphatic hydroxyl groups excluding tert-OH is 2. The van der Waals surface area contributed by atoms with E-state index in [4.69, 9.17) is 32.3 Å². The average Bonchev–Trinajstić information content (AvgIpc) is 0.901. The van der Waals surface area contributed by atoms with Crippen molar-refractivity contribution in [2.75, 3.05) is 39.6 Å². The molecular weight excluding hydrogens is 1430 g/mol. The maximum Gasteiger partial charge on any atom is 0.472 e. The summed E-state index contributed by atoms with van der Waals surface area (Å²) in [7, 11) is -9.78. The van der Waals surface area contributed by atoms with Gasteiger partial charge in [0, 0.05) is 19.3 Å². The van der Waals surface area contributed by atoms with Crippen molar-refractivity contribution in [3.63, 3.8) is 0 Å². The molecule has 0 aliphatic heterocycles. The van der Waals surface area contributed by atoms with Crippen LogP contribution in [0.1, 0.15) is 380 Å². The van der Waals surface area contributed by atoms with Crippen molar-refractivity contribution in [2.24, 2.45) is 0 Å². The largest absolute Gasteiger partial charge is 0.472 e. The van der Waals surface area contributed by atoms with E-state index in [1.165, 1.54) is 173 Å². The van der Waals surface area contributed by atoms with E-state index in [1.54, 1.807) is 0 Å². The maximum absolute atomic E-state index is 13.0. The molecule has 0 saturated carbocycles. The van der Waals surface area contributed by atoms with Gasteiger partial charge in [0.15, 0.2) is 6.10 Å². The second-order valence-corrected chi connectivity index (χ2v) is 32.6. The summed E-state index contributed by atoms with van der Waals surface area (Å²) in [5, 5.41) is 20.7. The van der Waals surface area contributed by atoms with Crippen LogP contribution in [0.25, 0.3) is 0 Å². The van der Waals surface area contributed by atoms with Crippen molar-refractivity contribution >= 4 is 33.6 Å². The molecule has 0 radical (unpaired) electrons. The second kappa shape index (κ2) is 85.1. The first-order valence-corrected chi connectivity index (χ1v) is 47.5. The summed E-state index contributed by atoms with van der Waals surface area (Å²) in [6.07, 6.45) is 105. The summed E-state index contributed by atoms with van der Waals surface area (Å²) >= 11 is 0. The molecule has 111 heavy (non-hydrogen) atoms. The number of phosphoric acid groups is 2. The van der Waals surface area contributed by atoms with Gasteiger partial charge in [0.25, 0.3) is 0 Å². The van der Waals surface area contributed by atoms with Crippen molar-refractivity contribution in [1.82, 2.24) is 0 Å². The summed E-state index contributed by atoms with van der Waals surface area (Å²) in [5.41, 5.74) is 0. The molecule has 0 heterocycles. The third-order valence-electron chi connectivity index (χ3n) is 18.9. The van der Waals surface area contributed by atoms with E-state index in [-0.39, 0.29) is 19.3 Å². The van der Waals surface area contributed by atoms with Crippen molar-refractivity contribution in [3.8, 4) is 0 Å². The molecule has 16 nitrogen and oxygen atoms in total. The van der Waals surface area contributed by atoms with Crippen LogP contribution >= 0.6 is 15.6 Å². The number of ether oxygens (including phenoxy) is 3. The monoisotopic (exact) mass is 1600 g/mol. The van der Waals surface area contributed by atoms with Crippen molar-refractivity contribution in [2.45, 2.75) is 399 Å². The molecule has 0 aromatic rings. The molecule has 0 saturated heterocycles. The number of unbranched alkanes of at least 4 members (excludes halogenated alkanes) is 39. The quantitative estimate of drug-likeness (QED) is 0.0146. The third kappa shape index (κ3) is 86.4. The molecule has 0 rings (SSSR count). The topological polar surface area (TPSA) is 231 Å². The van der Waals surface area contributed by atoms with Gasteiger partial charge in [0.2, 0.25) is 0 Å². The molecule has 640 valence electrons. The normalized spacial score (nSPS) is 14.5. The number of hydrogen-bond donors (Lipinski definition) is 4. The molecule has 0 aliphatic rings. The van der Waals surface area contributed by atoms with Gasteiger partial charge in [0.1, 0.15) is 25.4 Å². The highest BCUT2D eigenvalue weighted by molar-refractivity contribution is 7.47. The number of carbonyl (C=O) groups excluding carboxylic acids is 3. The van der Waals surface area contributed by atoms with Gasteiger partial charge >= 0.3 is 33.6 Å². The molecule has 0 fully saturated rings. The number of rotatable bonds is 84. The third-order valence-corrected chi connectivity index (χ3v) is 20.8. The fraction of sp³-hybridized carbons (Fsp3) is 0.731. The summed E-state index contributed by atoms with van der Waals surface area (Å²) in [6.45, 7) is 2.49. The Morgan fingerprint density at radius 3 is 0.757 bits per heavy atom. The molecule has 0 bridgehead atoms. The SMILES string of the molecule is CC/C=C\C/C=C\C/C=C\C/C=C\C/C=C\C/C=C\CCCCCCCCCCCCCCC(=O)OCC(COP(=O)(O)OCC(O)COP(=O)(O)OCC(O)COC(=O)CCCCCCCCCCCCCCCCCCC/C=C\C/C=C\C/C=C\C/C=C\C/C=C\CC)OC(=O)CCCCCCCCCCCCC. The van der Waals surface area contributed by atoms with E-state index in [1.807, 2.05) is 0 Å². The minimum atomic E-state index is -4.93. The Bertz CT molecular complexity index is 2550. The summed E-state index contributed by atoms with van der Waals surface area (Å²) < 4.78 is 61.3. The van der Waals surface area contributed by atoms with Gasteiger partial charge < -0.3 is 34.2 Å². The summed E-state index contributed by atoms with van der Waals surface area (Å²) in [5.74, 6) is -1.56. The van der Waals surface area contributed by atoms with E-state index in [2.05, 4.69) is 154 Å². The number of esters is 3. The number of aliphatic hydroxyl groups is 2. The highest BCUT2D eigenvalue weighted by Gasteiger charge is 2.29. The smallest absolute Gasteiger partial charge is 0.463 e. The summed E-state index contributed by atoms with van der Waals surface area (Å²) in [4.78, 5) is 58.7. The van der Waals surface area contributed by atoms with Gasteiger partial charge in [-0.15, -0.1) is 0 Å². The molecule has 0 aliphatic carbocycles. The zero-order valence-electron chi connectivity index (χ0n) is 70.4. The highest BCUT2D eigenvalue weighted by atomic mass is 31.2. The van der Waals surface area contributed by atoms with Crippen LogP contribution in [-0.2, 0) is 55.8 Å². The van der Waals surface area contributed by atoms with Crippen LogP contribution < -0.4 is 0 Å². The lowest BCUT2D eigenvalue weighted by atomic mass is 10.0. The number of carbonyl (C=O) groups is 3. The Hall–Kier alpha value is -4.31. The minimum Gasteiger partial charge on any atom is -0.463 e. The molecule has 0 amide bonds. The lowest BCUT2D eigenvalue weighted by Crippen LogP contribution is -2.30. The van der Waals surface area contributed by atoms with Gasteiger partial charge in [0.05, 0.1) is 26.4 Å². The second-order valence-electron chi connectivity index (χ2n) is 29.6. The van der Waals surface area contributed by atoms with Gasteiger partial charge in [-0.1, -0.05) is 379 Å². The average molecular weight is 1600 g/mol. The number of allylic oxidation sites excluding steroid dienone is 22. The van der Waals surface area contributed by atoms with Crippen LogP contribution in [0.5, 0.6) is 0 Å². The molecule has 0 aromatic carbocycles. The zero-order valence-corrected chi connectivity index (χ0v) is 72.1. The Balaban J connectivity index is 4.35. The van der Waals surface area contributed by atoms with Crippen LogP contribution in [0.2, 0.25) is 0 Å². The van der Waals surface area contributed by atoms with Gasteiger partial charge in [-0.3, -0.25) is 32.5 Å². The number of hydrogen-bond acceptors (Lipinski definition) is 14. The first kappa shape index (κ1) is 107. The molecular formula is C93H162O16P2. The standard InChI is InChI=1S/C93H162O16P2/c1-4-7-10-13-16-19-22-24-26-28-30-32-34-36-38-40-42-43-45-47-48-50-52-54-56-58-60-62-65-67-70-73-76-79-91(96)103-82-88(94)83-105-110(99,100)106-84-89(95)85-107-111(101,102)108-87-90(109-93(98)81-78-75-72-69-64-21-18-15-12-9-6-3)86-104-92(97)80-77-74-71-68-66-63-61-59-57-55-53-51-49-46-44-41-39-37-35-33-31-29-27-25-23-20-17-14-11-8-5-2/h7-8,10-11,16-17,19-20,24-27,30-33,36-39,44,46,88-90,94-95H,4-6,9,12-15,18,21-23,28-29,34-35,40-43,45,47-87H2,1-3H3,(H,99,100)(H,101,102)/b10-7-,11-8-,19-16-,20-17-,26-24-,27-25-,32-30-,33-31-,38-36-,39-37-,46-44-. The van der Waals surface area contributed by atoms with Crippen LogP contribution in [0.4, 0.5) is 0 Å². The lowest BCUT2D eigenvalue weighted by molar-refractivity contribution is -0.161. The first-order chi connectivity index (χ1) is 54.2. The molecule has 0 aromatic heterocycles. The Morgan fingerprint density at radius 1 is 0.261 bits per heavy atom. The van der Waals surface area contributed by atoms with Crippen molar-refractivity contribution in [1.29, 1.82) is 0 Å². The Labute approximate surface area is 677 Å². The van der Waals surface area contributed by atoms with E-state index in [0.29, 0.717) is 19.3 Å². The van der Waals surface area contributed by atoms with E-state index >= 15 is 0 Å². The van der Waals surface area contributed by atoms with Crippen molar-refractivity contribution < 1.29 is 75.8 Å². The highest BCUT2D eigenvalue weighted by Crippen LogP contribution is 2.45. The molecule has 18 heteroatoms. The lowest BCUT2D eigenvalue weighted by Gasteiger charge is -2.21. The minimum absolute atomic E-state index is 0.107. The van der Waals surface area contributed by atoms with Crippen LogP contribution in [-0.4, -0.2) is 95.9 Å². The molecule has 5 unspecified atom stereocenters. The Morgan fingerprint density at radius 2 is 0.477 bits per heavy atom. The van der Waals surface area contributed by atoms with Gasteiger partial charge in [-0.25, -0.2) is 9.13 Å². The molecule has 4 N–H and O–H groups in total. The molecule has 0 spiro atoms. The van der Waals surface area contributed by atoms with Gasteiger partial charge in [-0.2, -0.15) is 0 Å². The first-order valence-electron chi connectivity index (χ1n) is 44.5. The zero-order chi connectivity index (χ0) is 80.8. The Kier molecular flexibility index (Phi) is 81.8. The maximum atomic E-state index is 13.0. The van der Waals surface area contributed by atoms with E-state index in [0.717, 1.165) is 148 Å². The van der Waals surface area contributed by atoms with Crippen LogP contribution in [0.3, 0.4) is 0 Å². The number of phosphoric ester groups is 2. The fourth-order valence-corrected chi connectivity index (χ4v) is 13.8. The predicted molar refractivity (Wildman–Crippen MR) is 463 cm³/mol. The van der Waals surface area contributed by atoms with Crippen molar-refractivity contribution in [3.05, 3.63) is 134 Å². The molecule has 5 atom stereocenters.